The van der Waals surface area contributed by atoms with Crippen molar-refractivity contribution in [3.63, 3.8) is 0 Å². The van der Waals surface area contributed by atoms with Crippen molar-refractivity contribution in [3.8, 4) is 0 Å². The van der Waals surface area contributed by atoms with Crippen molar-refractivity contribution in [2.24, 2.45) is 0 Å². The fourth-order valence-corrected chi connectivity index (χ4v) is 6.69. The summed E-state index contributed by atoms with van der Waals surface area (Å²) in [6.45, 7) is 15.4. The summed E-state index contributed by atoms with van der Waals surface area (Å²) in [6, 6.07) is 0. The van der Waals surface area contributed by atoms with Crippen LogP contribution < -0.4 is 0 Å². The smallest absolute Gasteiger partial charge is 0.355 e. The lowest BCUT2D eigenvalue weighted by atomic mass is 9.91. The lowest BCUT2D eigenvalue weighted by Gasteiger charge is -2.13. The average molecular weight is 661 g/mol. The summed E-state index contributed by atoms with van der Waals surface area (Å²) in [4.78, 5) is 65.8. The summed E-state index contributed by atoms with van der Waals surface area (Å²) in [5, 5.41) is 0. The van der Waals surface area contributed by atoms with E-state index in [0.29, 0.717) is 48.5 Å². The number of carbonyl (C=O) groups excluding carboxylic acids is 4. The van der Waals surface area contributed by atoms with Crippen LogP contribution >= 0.6 is 0 Å². The van der Waals surface area contributed by atoms with E-state index in [2.05, 4.69) is 19.9 Å². The minimum Gasteiger partial charge on any atom is -0.461 e. The second-order valence-corrected chi connectivity index (χ2v) is 11.9. The second kappa shape index (κ2) is 14.0. The largest absolute Gasteiger partial charge is 0.461 e. The van der Waals surface area contributed by atoms with Crippen LogP contribution in [0.3, 0.4) is 0 Å². The summed E-state index contributed by atoms with van der Waals surface area (Å²) in [5.41, 5.74) is 11.0. The molecule has 0 amide bonds. The van der Waals surface area contributed by atoms with Gasteiger partial charge in [0.1, 0.15) is 22.8 Å². The van der Waals surface area contributed by atoms with Gasteiger partial charge in [0.25, 0.3) is 0 Å². The molecule has 4 aromatic heterocycles. The summed E-state index contributed by atoms with van der Waals surface area (Å²) >= 11 is 0. The van der Waals surface area contributed by atoms with Crippen LogP contribution in [0, 0.1) is 27.7 Å². The highest BCUT2D eigenvalue weighted by Crippen LogP contribution is 2.35. The zero-order valence-corrected chi connectivity index (χ0v) is 28.9. The normalized spacial score (nSPS) is 12.5. The number of aromatic amines is 4. The van der Waals surface area contributed by atoms with Crippen LogP contribution in [0.25, 0.3) is 0 Å². The molecule has 0 aliphatic heterocycles. The monoisotopic (exact) mass is 660 g/mol. The quantitative estimate of drug-likeness (QED) is 0.123. The molecule has 4 aromatic rings. The Morgan fingerprint density at radius 3 is 0.771 bits per heavy atom. The highest BCUT2D eigenvalue weighted by atomic mass is 16.5. The van der Waals surface area contributed by atoms with E-state index < -0.39 is 23.9 Å². The number of ether oxygens (including phenoxy) is 4. The van der Waals surface area contributed by atoms with Gasteiger partial charge < -0.3 is 38.9 Å². The van der Waals surface area contributed by atoms with E-state index >= 15 is 0 Å². The van der Waals surface area contributed by atoms with E-state index in [-0.39, 0.29) is 26.4 Å². The molecule has 12 heteroatoms. The van der Waals surface area contributed by atoms with Crippen LogP contribution in [0.15, 0.2) is 0 Å². The maximum absolute atomic E-state index is 13.1. The van der Waals surface area contributed by atoms with E-state index in [1.54, 1.807) is 27.7 Å². The minimum atomic E-state index is -0.461. The molecule has 12 nitrogen and oxygen atoms in total. The standard InChI is InChI=1S/C36H44N4O8/c1-9-45-33(41)29-17(5)21-13-26-23(19(7)31(38-26)35(43)47-11-3)15-28-24(20(8)32(40-28)36(44)48-12-4)16-27-22(14-25(21)37-29)18(6)30(39-27)34(42)46-10-2/h37-40H,9-16H2,1-8H3. The van der Waals surface area contributed by atoms with Crippen LogP contribution in [-0.2, 0) is 44.6 Å². The van der Waals surface area contributed by atoms with Gasteiger partial charge >= 0.3 is 23.9 Å². The molecule has 0 spiro atoms. The number of esters is 4. The van der Waals surface area contributed by atoms with Gasteiger partial charge in [-0.25, -0.2) is 19.2 Å². The molecule has 0 atom stereocenters. The summed E-state index contributed by atoms with van der Waals surface area (Å²) in [5.74, 6) is -1.84. The molecule has 0 unspecified atom stereocenters. The van der Waals surface area contributed by atoms with E-state index in [9.17, 15) is 19.2 Å². The molecular formula is C36H44N4O8. The Morgan fingerprint density at radius 2 is 0.604 bits per heavy atom. The maximum Gasteiger partial charge on any atom is 0.355 e. The van der Waals surface area contributed by atoms with Gasteiger partial charge in [0, 0.05) is 48.5 Å². The van der Waals surface area contributed by atoms with Gasteiger partial charge in [-0.2, -0.15) is 0 Å². The second-order valence-electron chi connectivity index (χ2n) is 11.9. The number of nitrogens with one attached hydrogen (secondary N) is 4. The topological polar surface area (TPSA) is 168 Å². The molecule has 5 rings (SSSR count). The highest BCUT2D eigenvalue weighted by molar-refractivity contribution is 5.92. The first-order valence-electron chi connectivity index (χ1n) is 16.4. The van der Waals surface area contributed by atoms with Gasteiger partial charge in [-0.1, -0.05) is 0 Å². The predicted molar refractivity (Wildman–Crippen MR) is 177 cm³/mol. The Bertz CT molecular complexity index is 1630. The van der Waals surface area contributed by atoms with Gasteiger partial charge in [0.2, 0.25) is 0 Å². The van der Waals surface area contributed by atoms with Crippen LogP contribution in [0.2, 0.25) is 0 Å². The average Bonchev–Trinajstić information content (AvgIpc) is 3.73. The van der Waals surface area contributed by atoms with Crippen LogP contribution in [0.1, 0.15) is 137 Å². The van der Waals surface area contributed by atoms with Crippen molar-refractivity contribution in [3.05, 3.63) is 90.1 Å². The van der Waals surface area contributed by atoms with Gasteiger partial charge in [-0.05, 0) is 99.9 Å². The van der Waals surface area contributed by atoms with Crippen LogP contribution in [0.5, 0.6) is 0 Å². The fourth-order valence-electron chi connectivity index (χ4n) is 6.69. The number of rotatable bonds is 8. The number of hydrogen-bond donors (Lipinski definition) is 4. The Kier molecular flexibility index (Phi) is 10.0. The number of H-pyrrole nitrogens is 4. The molecule has 48 heavy (non-hydrogen) atoms. The molecule has 256 valence electrons. The number of fused-ring (bicyclic) bond motifs is 4. The van der Waals surface area contributed by atoms with E-state index in [0.717, 1.165) is 67.3 Å². The zero-order chi connectivity index (χ0) is 34.9. The lowest BCUT2D eigenvalue weighted by Crippen LogP contribution is -2.07. The Hall–Kier alpha value is -5.00. The summed E-state index contributed by atoms with van der Waals surface area (Å²) < 4.78 is 21.6. The van der Waals surface area contributed by atoms with E-state index in [4.69, 9.17) is 18.9 Å². The predicted octanol–water partition coefficient (Wildman–Crippen LogP) is 5.62. The highest BCUT2D eigenvalue weighted by Gasteiger charge is 2.31. The number of hydrogen-bond acceptors (Lipinski definition) is 8. The van der Waals surface area contributed by atoms with Crippen molar-refractivity contribution in [2.75, 3.05) is 26.4 Å². The third-order valence-electron chi connectivity index (χ3n) is 9.20. The van der Waals surface area contributed by atoms with Crippen molar-refractivity contribution < 1.29 is 38.1 Å². The first-order chi connectivity index (χ1) is 22.9. The molecule has 4 N–H and O–H groups in total. The van der Waals surface area contributed by atoms with Gasteiger partial charge in [-0.15, -0.1) is 0 Å². The molecule has 0 fully saturated rings. The molecule has 1 aliphatic rings. The third-order valence-corrected chi connectivity index (χ3v) is 9.20. The van der Waals surface area contributed by atoms with Crippen molar-refractivity contribution >= 4 is 23.9 Å². The van der Waals surface area contributed by atoms with Gasteiger partial charge in [0.15, 0.2) is 0 Å². The van der Waals surface area contributed by atoms with Crippen LogP contribution in [-0.4, -0.2) is 70.2 Å². The fraction of sp³-hybridized carbons (Fsp3) is 0.444. The molecule has 0 bridgehead atoms. The molecule has 0 saturated carbocycles. The Morgan fingerprint density at radius 1 is 0.417 bits per heavy atom. The van der Waals surface area contributed by atoms with E-state index in [1.807, 2.05) is 27.7 Å². The molecule has 0 saturated heterocycles. The number of carbonyl (C=O) groups is 4. The van der Waals surface area contributed by atoms with Crippen LogP contribution in [0.4, 0.5) is 0 Å². The van der Waals surface area contributed by atoms with Crippen molar-refractivity contribution in [1.29, 1.82) is 0 Å². The molecule has 1 aliphatic carbocycles. The lowest BCUT2D eigenvalue weighted by molar-refractivity contribution is 0.0509. The summed E-state index contributed by atoms with van der Waals surface area (Å²) in [6.07, 6.45) is 1.43. The van der Waals surface area contributed by atoms with Gasteiger partial charge in [-0.3, -0.25) is 0 Å². The van der Waals surface area contributed by atoms with E-state index in [1.165, 1.54) is 0 Å². The van der Waals surface area contributed by atoms with Crippen molar-refractivity contribution in [1.82, 2.24) is 19.9 Å². The molecule has 0 aromatic carbocycles. The Balaban J connectivity index is 1.80. The Labute approximate surface area is 279 Å². The SMILES string of the molecule is CCOC(=O)c1[nH]c2c(c1C)Cc1[nH]c(C(=O)OCC)c(C)c1Cc1[nH]c(C(=O)OCC)c(C)c1Cc1[nH]c(C(=O)OCC)c(C)c1C2. The molecular weight excluding hydrogens is 616 g/mol. The number of aromatic nitrogens is 4. The molecule has 0 radical (unpaired) electrons. The van der Waals surface area contributed by atoms with Crippen molar-refractivity contribution in [2.45, 2.75) is 81.1 Å². The molecule has 4 heterocycles. The first-order valence-corrected chi connectivity index (χ1v) is 16.4. The van der Waals surface area contributed by atoms with Gasteiger partial charge in [0.05, 0.1) is 26.4 Å². The summed E-state index contributed by atoms with van der Waals surface area (Å²) in [7, 11) is 0. The third kappa shape index (κ3) is 6.18. The zero-order valence-electron chi connectivity index (χ0n) is 28.9. The minimum absolute atomic E-state index is 0.222. The first kappa shape index (κ1) is 34.3. The maximum atomic E-state index is 13.1.